The van der Waals surface area contributed by atoms with Gasteiger partial charge in [-0.1, -0.05) is 84.9 Å². The molecule has 0 radical (unpaired) electrons. The number of benzene rings is 4. The minimum absolute atomic E-state index is 0.0624. The van der Waals surface area contributed by atoms with E-state index in [0.717, 1.165) is 22.3 Å². The predicted octanol–water partition coefficient (Wildman–Crippen LogP) is 6.70. The van der Waals surface area contributed by atoms with Crippen molar-refractivity contribution in [1.82, 2.24) is 0 Å². The molecule has 0 aliphatic carbocycles. The molecule has 0 amide bonds. The van der Waals surface area contributed by atoms with Gasteiger partial charge in [0, 0.05) is 0 Å². The van der Waals surface area contributed by atoms with Crippen LogP contribution in [0.2, 0.25) is 0 Å². The second kappa shape index (κ2) is 9.75. The van der Waals surface area contributed by atoms with Gasteiger partial charge in [-0.05, 0) is 46.5 Å². The SMILES string of the molecule is O=P(O)(O)OP(=O)(Oc1ccc(-c2ccccc2)cc1)Oc1ccc(-c2ccccc2)cc1. The number of rotatable bonds is 8. The zero-order valence-corrected chi connectivity index (χ0v) is 19.0. The molecule has 168 valence electrons. The van der Waals surface area contributed by atoms with Crippen molar-refractivity contribution in [2.24, 2.45) is 0 Å². The third-order valence-electron chi connectivity index (χ3n) is 4.56. The molecule has 4 rings (SSSR count). The Morgan fingerprint density at radius 3 is 1.15 bits per heavy atom. The Kier molecular flexibility index (Phi) is 6.80. The van der Waals surface area contributed by atoms with Crippen LogP contribution in [0.5, 0.6) is 11.5 Å². The summed E-state index contributed by atoms with van der Waals surface area (Å²) >= 11 is 0. The summed E-state index contributed by atoms with van der Waals surface area (Å²) in [5.41, 5.74) is 3.69. The zero-order valence-electron chi connectivity index (χ0n) is 17.2. The van der Waals surface area contributed by atoms with Crippen molar-refractivity contribution in [2.45, 2.75) is 0 Å². The Bertz CT molecular complexity index is 1200. The number of hydrogen-bond acceptors (Lipinski definition) is 5. The van der Waals surface area contributed by atoms with Crippen LogP contribution in [0.1, 0.15) is 0 Å². The Morgan fingerprint density at radius 2 is 0.818 bits per heavy atom. The van der Waals surface area contributed by atoms with Gasteiger partial charge in [-0.3, -0.25) is 0 Å². The molecule has 4 aromatic carbocycles. The Labute approximate surface area is 191 Å². The minimum atomic E-state index is -5.19. The predicted molar refractivity (Wildman–Crippen MR) is 126 cm³/mol. The molecule has 7 nitrogen and oxygen atoms in total. The first-order valence-electron chi connectivity index (χ1n) is 9.87. The van der Waals surface area contributed by atoms with Gasteiger partial charge in [0.1, 0.15) is 11.5 Å². The average Bonchev–Trinajstić information content (AvgIpc) is 2.80. The van der Waals surface area contributed by atoms with E-state index in [2.05, 4.69) is 4.31 Å². The fraction of sp³-hybridized carbons (Fsp3) is 0. The molecule has 0 heterocycles. The van der Waals surface area contributed by atoms with Gasteiger partial charge in [-0.25, -0.2) is 9.13 Å². The molecular formula is C24H20O7P2. The van der Waals surface area contributed by atoms with Crippen LogP contribution in [0.3, 0.4) is 0 Å². The molecule has 0 aliphatic rings. The van der Waals surface area contributed by atoms with E-state index in [4.69, 9.17) is 9.05 Å². The van der Waals surface area contributed by atoms with Crippen LogP contribution in [0, 0.1) is 0 Å². The number of phosphoric acid groups is 2. The highest BCUT2D eigenvalue weighted by molar-refractivity contribution is 7.61. The molecule has 0 aromatic heterocycles. The van der Waals surface area contributed by atoms with E-state index in [9.17, 15) is 18.9 Å². The molecular weight excluding hydrogens is 462 g/mol. The molecule has 0 aliphatic heterocycles. The second-order valence-electron chi connectivity index (χ2n) is 6.98. The molecule has 0 fully saturated rings. The molecule has 0 saturated heterocycles. The molecule has 0 unspecified atom stereocenters. The topological polar surface area (TPSA) is 102 Å². The smallest absolute Gasteiger partial charge is 0.395 e. The number of phosphoric ester groups is 1. The van der Waals surface area contributed by atoms with E-state index in [-0.39, 0.29) is 11.5 Å². The first kappa shape index (κ1) is 23.0. The summed E-state index contributed by atoms with van der Waals surface area (Å²) < 4.78 is 39.6. The van der Waals surface area contributed by atoms with Crippen LogP contribution in [0.15, 0.2) is 109 Å². The van der Waals surface area contributed by atoms with Gasteiger partial charge >= 0.3 is 15.6 Å². The largest absolute Gasteiger partial charge is 0.596 e. The molecule has 33 heavy (non-hydrogen) atoms. The maximum absolute atomic E-state index is 13.1. The minimum Gasteiger partial charge on any atom is -0.395 e. The fourth-order valence-electron chi connectivity index (χ4n) is 3.12. The van der Waals surface area contributed by atoms with E-state index in [1.54, 1.807) is 24.3 Å². The summed E-state index contributed by atoms with van der Waals surface area (Å²) in [5.74, 6) is 0.125. The third kappa shape index (κ3) is 6.42. The van der Waals surface area contributed by atoms with Crippen molar-refractivity contribution in [1.29, 1.82) is 0 Å². The molecule has 4 aromatic rings. The van der Waals surface area contributed by atoms with E-state index in [1.807, 2.05) is 60.7 Å². The van der Waals surface area contributed by atoms with Crippen LogP contribution >= 0.6 is 15.6 Å². The lowest BCUT2D eigenvalue weighted by molar-refractivity contribution is 0.233. The highest BCUT2D eigenvalue weighted by Crippen LogP contribution is 2.60. The summed E-state index contributed by atoms with van der Waals surface area (Å²) in [6, 6.07) is 32.1. The van der Waals surface area contributed by atoms with Crippen molar-refractivity contribution < 1.29 is 32.3 Å². The molecule has 9 heteroatoms. The van der Waals surface area contributed by atoms with Gasteiger partial charge in [-0.15, -0.1) is 0 Å². The van der Waals surface area contributed by atoms with Gasteiger partial charge in [-0.2, -0.15) is 4.31 Å². The van der Waals surface area contributed by atoms with Crippen LogP contribution < -0.4 is 9.05 Å². The fourth-order valence-corrected chi connectivity index (χ4v) is 5.22. The summed E-state index contributed by atoms with van der Waals surface area (Å²) in [5, 5.41) is 0. The van der Waals surface area contributed by atoms with Crippen molar-refractivity contribution in [3.63, 3.8) is 0 Å². The van der Waals surface area contributed by atoms with Gasteiger partial charge < -0.3 is 18.8 Å². The van der Waals surface area contributed by atoms with Crippen LogP contribution in [0.4, 0.5) is 0 Å². The maximum atomic E-state index is 13.1. The van der Waals surface area contributed by atoms with Crippen molar-refractivity contribution in [3.05, 3.63) is 109 Å². The Hall–Kier alpha value is -3.18. The van der Waals surface area contributed by atoms with E-state index in [1.165, 1.54) is 24.3 Å². The molecule has 2 N–H and O–H groups in total. The Balaban J connectivity index is 1.55. The first-order chi connectivity index (χ1) is 15.8. The van der Waals surface area contributed by atoms with Crippen LogP contribution in [-0.4, -0.2) is 9.79 Å². The van der Waals surface area contributed by atoms with E-state index < -0.39 is 15.6 Å². The van der Waals surface area contributed by atoms with Crippen molar-refractivity contribution in [2.75, 3.05) is 0 Å². The summed E-state index contributed by atoms with van der Waals surface area (Å²) in [6.45, 7) is 0. The van der Waals surface area contributed by atoms with Gasteiger partial charge in [0.05, 0.1) is 0 Å². The number of hydrogen-bond donors (Lipinski definition) is 2. The first-order valence-corrected chi connectivity index (χ1v) is 12.9. The van der Waals surface area contributed by atoms with Crippen molar-refractivity contribution in [3.8, 4) is 33.8 Å². The third-order valence-corrected chi connectivity index (χ3v) is 7.08. The van der Waals surface area contributed by atoms with E-state index in [0.29, 0.717) is 0 Å². The molecule has 0 spiro atoms. The summed E-state index contributed by atoms with van der Waals surface area (Å²) in [7, 11) is -9.91. The van der Waals surface area contributed by atoms with Crippen molar-refractivity contribution >= 4 is 15.6 Å². The Morgan fingerprint density at radius 1 is 0.485 bits per heavy atom. The standard InChI is InChI=1S/C24H20O7P2/c25-32(26,27)31-33(28,29-23-15-11-21(12-16-23)19-7-3-1-4-8-19)30-24-17-13-22(14-18-24)20-9-5-2-6-10-20/h1-18H,(H2,25,26,27). The van der Waals surface area contributed by atoms with E-state index >= 15 is 0 Å². The molecule has 0 atom stereocenters. The second-order valence-corrected chi connectivity index (χ2v) is 9.88. The van der Waals surface area contributed by atoms with Gasteiger partial charge in [0.2, 0.25) is 0 Å². The van der Waals surface area contributed by atoms with Crippen LogP contribution in [0.25, 0.3) is 22.3 Å². The monoisotopic (exact) mass is 482 g/mol. The highest BCUT2D eigenvalue weighted by atomic mass is 31.3. The highest BCUT2D eigenvalue weighted by Gasteiger charge is 2.39. The maximum Gasteiger partial charge on any atom is 0.596 e. The van der Waals surface area contributed by atoms with Gasteiger partial charge in [0.15, 0.2) is 0 Å². The molecule has 0 saturated carbocycles. The summed E-state index contributed by atoms with van der Waals surface area (Å²) in [4.78, 5) is 18.5. The quantitative estimate of drug-likeness (QED) is 0.270. The zero-order chi connectivity index (χ0) is 23.3. The lowest BCUT2D eigenvalue weighted by atomic mass is 10.1. The normalized spacial score (nSPS) is 11.7. The van der Waals surface area contributed by atoms with Gasteiger partial charge in [0.25, 0.3) is 0 Å². The lowest BCUT2D eigenvalue weighted by Crippen LogP contribution is -2.04. The average molecular weight is 482 g/mol. The lowest BCUT2D eigenvalue weighted by Gasteiger charge is -2.19. The molecule has 0 bridgehead atoms. The van der Waals surface area contributed by atoms with Crippen LogP contribution in [-0.2, 0) is 13.4 Å². The summed E-state index contributed by atoms with van der Waals surface area (Å²) in [6.07, 6.45) is 0.